The zero-order valence-corrected chi connectivity index (χ0v) is 24.2. The Morgan fingerprint density at radius 1 is 1.13 bits per heavy atom. The van der Waals surface area contributed by atoms with Gasteiger partial charge in [-0.25, -0.2) is 0 Å². The summed E-state index contributed by atoms with van der Waals surface area (Å²) in [6.07, 6.45) is 3.41. The van der Waals surface area contributed by atoms with Crippen LogP contribution in [-0.4, -0.2) is 56.8 Å². The number of thiocarbonyl (C=S) groups is 1. The first-order valence-corrected chi connectivity index (χ1v) is 14.5. The standard InChI is InChI=1S/C29H35N5O2S2/c1-5-12-33-26(32-15-13-31(14-16-32)19-22-10-8-7-9-11-22)23(21(4)24(18-30)27(33)35)17-25-28(36)34(20(3)6-2)29(37)38-25/h7-11,17,20H,5-6,12-16,19H2,1-4H3/b25-17+. The third-order valence-corrected chi connectivity index (χ3v) is 8.68. The highest BCUT2D eigenvalue weighted by Crippen LogP contribution is 2.37. The average molecular weight is 550 g/mol. The van der Waals surface area contributed by atoms with E-state index >= 15 is 0 Å². The second kappa shape index (κ2) is 12.3. The first-order valence-electron chi connectivity index (χ1n) is 13.3. The van der Waals surface area contributed by atoms with E-state index < -0.39 is 0 Å². The molecule has 0 radical (unpaired) electrons. The molecule has 200 valence electrons. The Kier molecular flexibility index (Phi) is 9.08. The molecule has 1 amide bonds. The molecule has 2 aliphatic heterocycles. The van der Waals surface area contributed by atoms with Gasteiger partial charge in [-0.1, -0.05) is 68.2 Å². The number of rotatable bonds is 8. The molecule has 2 fully saturated rings. The molecule has 1 unspecified atom stereocenters. The van der Waals surface area contributed by atoms with Crippen LogP contribution in [0.4, 0.5) is 5.82 Å². The van der Waals surface area contributed by atoms with Crippen molar-refractivity contribution in [3.8, 4) is 6.07 Å². The fourth-order valence-corrected chi connectivity index (χ4v) is 6.49. The molecule has 2 aromatic rings. The van der Waals surface area contributed by atoms with Gasteiger partial charge in [0.25, 0.3) is 11.5 Å². The molecule has 4 rings (SSSR count). The molecule has 38 heavy (non-hydrogen) atoms. The maximum Gasteiger partial charge on any atom is 0.270 e. The molecule has 0 saturated carbocycles. The quantitative estimate of drug-likeness (QED) is 0.347. The molecule has 9 heteroatoms. The van der Waals surface area contributed by atoms with Crippen molar-refractivity contribution < 1.29 is 4.79 Å². The second-order valence-corrected chi connectivity index (χ2v) is 11.5. The lowest BCUT2D eigenvalue weighted by Crippen LogP contribution is -2.48. The van der Waals surface area contributed by atoms with E-state index in [0.717, 1.165) is 56.9 Å². The number of carbonyl (C=O) groups is 1. The van der Waals surface area contributed by atoms with Crippen molar-refractivity contribution in [1.29, 1.82) is 5.26 Å². The molecule has 1 aromatic heterocycles. The van der Waals surface area contributed by atoms with Gasteiger partial charge in [-0.05, 0) is 43.9 Å². The summed E-state index contributed by atoms with van der Waals surface area (Å²) in [5, 5.41) is 9.89. The number of nitrogens with zero attached hydrogens (tertiary/aromatic N) is 5. The number of carbonyl (C=O) groups excluding carboxylic acids is 1. The maximum absolute atomic E-state index is 13.4. The normalized spacial score (nSPS) is 18.3. The Hall–Kier alpha value is -2.93. The van der Waals surface area contributed by atoms with Crippen LogP contribution in [0.15, 0.2) is 40.0 Å². The predicted molar refractivity (Wildman–Crippen MR) is 159 cm³/mol. The third kappa shape index (κ3) is 5.58. The highest BCUT2D eigenvalue weighted by Gasteiger charge is 2.36. The highest BCUT2D eigenvalue weighted by molar-refractivity contribution is 8.26. The van der Waals surface area contributed by atoms with Gasteiger partial charge in [0.05, 0.1) is 4.91 Å². The van der Waals surface area contributed by atoms with Crippen molar-refractivity contribution in [3.63, 3.8) is 0 Å². The Labute approximate surface area is 234 Å². The molecule has 7 nitrogen and oxygen atoms in total. The molecule has 3 heterocycles. The number of thioether (sulfide) groups is 1. The van der Waals surface area contributed by atoms with Gasteiger partial charge >= 0.3 is 0 Å². The smallest absolute Gasteiger partial charge is 0.270 e. The van der Waals surface area contributed by atoms with Crippen LogP contribution in [0.3, 0.4) is 0 Å². The Balaban J connectivity index is 1.74. The summed E-state index contributed by atoms with van der Waals surface area (Å²) in [5.74, 6) is 0.681. The second-order valence-electron chi connectivity index (χ2n) is 9.86. The first-order chi connectivity index (χ1) is 18.3. The van der Waals surface area contributed by atoms with Crippen LogP contribution in [0.5, 0.6) is 0 Å². The van der Waals surface area contributed by atoms with Gasteiger partial charge in [0.2, 0.25) is 0 Å². The van der Waals surface area contributed by atoms with E-state index in [0.29, 0.717) is 21.3 Å². The van der Waals surface area contributed by atoms with E-state index in [1.165, 1.54) is 17.3 Å². The maximum atomic E-state index is 13.4. The summed E-state index contributed by atoms with van der Waals surface area (Å²) in [7, 11) is 0. The molecule has 2 saturated heterocycles. The number of nitriles is 1. The van der Waals surface area contributed by atoms with Crippen molar-refractivity contribution in [2.24, 2.45) is 0 Å². The third-order valence-electron chi connectivity index (χ3n) is 7.35. The number of piperazine rings is 1. The fourth-order valence-electron chi connectivity index (χ4n) is 5.05. The van der Waals surface area contributed by atoms with Crippen molar-refractivity contribution in [1.82, 2.24) is 14.4 Å². The van der Waals surface area contributed by atoms with Crippen LogP contribution in [0, 0.1) is 18.3 Å². The van der Waals surface area contributed by atoms with Crippen LogP contribution in [-0.2, 0) is 17.9 Å². The Morgan fingerprint density at radius 2 is 1.82 bits per heavy atom. The van der Waals surface area contributed by atoms with Crippen LogP contribution >= 0.6 is 24.0 Å². The largest absolute Gasteiger partial charge is 0.355 e. The van der Waals surface area contributed by atoms with Crippen molar-refractivity contribution in [2.45, 2.75) is 59.7 Å². The highest BCUT2D eigenvalue weighted by atomic mass is 32.2. The number of hydrogen-bond acceptors (Lipinski definition) is 7. The van der Waals surface area contributed by atoms with Gasteiger partial charge in [0.15, 0.2) is 0 Å². The molecule has 0 spiro atoms. The summed E-state index contributed by atoms with van der Waals surface area (Å²) in [5.41, 5.74) is 2.52. The van der Waals surface area contributed by atoms with Crippen molar-refractivity contribution in [2.75, 3.05) is 31.1 Å². The lowest BCUT2D eigenvalue weighted by molar-refractivity contribution is -0.123. The van der Waals surface area contributed by atoms with E-state index in [1.807, 2.05) is 39.8 Å². The molecule has 0 bridgehead atoms. The van der Waals surface area contributed by atoms with Gasteiger partial charge in [-0.15, -0.1) is 0 Å². The summed E-state index contributed by atoms with van der Waals surface area (Å²) < 4.78 is 2.28. The minimum Gasteiger partial charge on any atom is -0.355 e. The average Bonchev–Trinajstić information content (AvgIpc) is 3.20. The van der Waals surface area contributed by atoms with Gasteiger partial charge < -0.3 is 4.90 Å². The van der Waals surface area contributed by atoms with Gasteiger partial charge in [0.1, 0.15) is 21.8 Å². The van der Waals surface area contributed by atoms with E-state index in [4.69, 9.17) is 12.2 Å². The number of hydrogen-bond donors (Lipinski definition) is 0. The lowest BCUT2D eigenvalue weighted by atomic mass is 10.0. The van der Waals surface area contributed by atoms with Gasteiger partial charge in [-0.2, -0.15) is 5.26 Å². The Morgan fingerprint density at radius 3 is 2.42 bits per heavy atom. The van der Waals surface area contributed by atoms with Crippen LogP contribution < -0.4 is 10.5 Å². The number of benzene rings is 1. The van der Waals surface area contributed by atoms with Crippen LogP contribution in [0.1, 0.15) is 55.9 Å². The summed E-state index contributed by atoms with van der Waals surface area (Å²) in [6.45, 7) is 12.4. The number of anilines is 1. The monoisotopic (exact) mass is 549 g/mol. The van der Waals surface area contributed by atoms with E-state index in [2.05, 4.69) is 40.1 Å². The fraction of sp³-hybridized carbons (Fsp3) is 0.448. The zero-order chi connectivity index (χ0) is 27.4. The lowest BCUT2D eigenvalue weighted by Gasteiger charge is -2.38. The SMILES string of the molecule is CCCn1c(N2CCN(Cc3ccccc3)CC2)c(/C=C2/SC(=S)N(C(C)CC)C2=O)c(C)c(C#N)c1=O. The molecular formula is C29H35N5O2S2. The minimum atomic E-state index is -0.266. The number of pyridine rings is 1. The van der Waals surface area contributed by atoms with Crippen LogP contribution in [0.2, 0.25) is 0 Å². The molecule has 0 aliphatic carbocycles. The summed E-state index contributed by atoms with van der Waals surface area (Å²) >= 11 is 6.85. The zero-order valence-electron chi connectivity index (χ0n) is 22.6. The van der Waals surface area contributed by atoms with E-state index in [1.54, 1.807) is 9.47 Å². The molecule has 2 aliphatic rings. The van der Waals surface area contributed by atoms with E-state index in [9.17, 15) is 14.9 Å². The first kappa shape index (κ1) is 28.1. The van der Waals surface area contributed by atoms with Crippen molar-refractivity contribution >= 4 is 46.1 Å². The van der Waals surface area contributed by atoms with Crippen LogP contribution in [0.25, 0.3) is 6.08 Å². The molecule has 1 atom stereocenters. The molecule has 0 N–H and O–H groups in total. The van der Waals surface area contributed by atoms with Gasteiger partial charge in [0, 0.05) is 50.9 Å². The number of aromatic nitrogens is 1. The molecular weight excluding hydrogens is 514 g/mol. The Bertz CT molecular complexity index is 1340. The van der Waals surface area contributed by atoms with Crippen molar-refractivity contribution in [3.05, 3.63) is 67.8 Å². The van der Waals surface area contributed by atoms with Gasteiger partial charge in [-0.3, -0.25) is 24.0 Å². The number of amides is 1. The van der Waals surface area contributed by atoms with E-state index in [-0.39, 0.29) is 23.1 Å². The summed E-state index contributed by atoms with van der Waals surface area (Å²) in [4.78, 5) is 33.7. The molecule has 1 aromatic carbocycles. The summed E-state index contributed by atoms with van der Waals surface area (Å²) in [6, 6.07) is 12.6. The predicted octanol–water partition coefficient (Wildman–Crippen LogP) is 4.76. The topological polar surface area (TPSA) is 72.6 Å². The minimum absolute atomic E-state index is 0.00961.